The Kier molecular flexibility index (Phi) is 4.56. The van der Waals surface area contributed by atoms with Gasteiger partial charge in [0.25, 0.3) is 0 Å². The minimum Gasteiger partial charge on any atom is -0.380 e. The highest BCUT2D eigenvalue weighted by Gasteiger charge is 2.52. The Hall–Kier alpha value is -1.44. The third-order valence-corrected chi connectivity index (χ3v) is 5.94. The molecule has 0 aromatic carbocycles. The monoisotopic (exact) mass is 349 g/mol. The van der Waals surface area contributed by atoms with Crippen molar-refractivity contribution in [2.45, 2.75) is 39.7 Å². The minimum absolute atomic E-state index is 0.0864. The smallest absolute Gasteiger partial charge is 0.246 e. The van der Waals surface area contributed by atoms with E-state index in [2.05, 4.69) is 10.1 Å². The van der Waals surface area contributed by atoms with Gasteiger partial charge in [0.05, 0.1) is 25.5 Å². The number of amides is 1. The predicted molar refractivity (Wildman–Crippen MR) is 89.5 cm³/mol. The van der Waals surface area contributed by atoms with E-state index in [-0.39, 0.29) is 11.3 Å². The quantitative estimate of drug-likeness (QED) is 0.824. The van der Waals surface area contributed by atoms with E-state index in [1.165, 1.54) is 5.56 Å². The van der Waals surface area contributed by atoms with Gasteiger partial charge >= 0.3 is 0 Å². The highest BCUT2D eigenvalue weighted by Crippen LogP contribution is 2.45. The van der Waals surface area contributed by atoms with Crippen LogP contribution in [0.15, 0.2) is 4.52 Å². The van der Waals surface area contributed by atoms with Crippen molar-refractivity contribution >= 4 is 5.91 Å². The Balaban J connectivity index is 1.44. The number of nitrogens with zero attached hydrogens (tertiary/aromatic N) is 3. The van der Waals surface area contributed by atoms with Crippen molar-refractivity contribution < 1.29 is 18.9 Å². The SMILES string of the molecule is Cc1noc(C)c1CN1C[C@@H]2COC[C@]2(CC(=O)N2CCCCO2)C1. The lowest BCUT2D eigenvalue weighted by molar-refractivity contribution is -0.199. The van der Waals surface area contributed by atoms with Crippen molar-refractivity contribution in [3.8, 4) is 0 Å². The molecule has 0 bridgehead atoms. The van der Waals surface area contributed by atoms with E-state index in [0.29, 0.717) is 32.1 Å². The maximum absolute atomic E-state index is 12.7. The van der Waals surface area contributed by atoms with Gasteiger partial charge in [-0.15, -0.1) is 0 Å². The summed E-state index contributed by atoms with van der Waals surface area (Å²) in [5, 5.41) is 5.63. The van der Waals surface area contributed by atoms with Crippen molar-refractivity contribution in [1.82, 2.24) is 15.1 Å². The first kappa shape index (κ1) is 17.0. The number of aryl methyl sites for hydroxylation is 2. The Bertz CT molecular complexity index is 621. The van der Waals surface area contributed by atoms with Crippen LogP contribution in [0.5, 0.6) is 0 Å². The molecule has 7 heteroatoms. The first-order valence-corrected chi connectivity index (χ1v) is 9.22. The second kappa shape index (κ2) is 6.70. The molecule has 138 valence electrons. The summed E-state index contributed by atoms with van der Waals surface area (Å²) < 4.78 is 11.1. The molecular formula is C18H27N3O4. The largest absolute Gasteiger partial charge is 0.380 e. The first-order valence-electron chi connectivity index (χ1n) is 9.22. The molecule has 7 nitrogen and oxygen atoms in total. The predicted octanol–water partition coefficient (Wildman–Crippen LogP) is 1.68. The van der Waals surface area contributed by atoms with Crippen molar-refractivity contribution in [1.29, 1.82) is 0 Å². The molecule has 0 N–H and O–H groups in total. The van der Waals surface area contributed by atoms with Crippen molar-refractivity contribution in [2.75, 3.05) is 39.5 Å². The average Bonchev–Trinajstić information content (AvgIpc) is 3.23. The van der Waals surface area contributed by atoms with Gasteiger partial charge in [-0.05, 0) is 26.7 Å². The van der Waals surface area contributed by atoms with Crippen LogP contribution in [0.4, 0.5) is 0 Å². The topological polar surface area (TPSA) is 68.0 Å². The average molecular weight is 349 g/mol. The zero-order valence-electron chi connectivity index (χ0n) is 15.1. The summed E-state index contributed by atoms with van der Waals surface area (Å²) in [5.41, 5.74) is 2.04. The Morgan fingerprint density at radius 2 is 2.24 bits per heavy atom. The maximum atomic E-state index is 12.7. The third-order valence-electron chi connectivity index (χ3n) is 5.94. The molecular weight excluding hydrogens is 322 g/mol. The molecule has 0 radical (unpaired) electrons. The maximum Gasteiger partial charge on any atom is 0.246 e. The highest BCUT2D eigenvalue weighted by atomic mass is 16.7. The molecule has 3 aliphatic heterocycles. The van der Waals surface area contributed by atoms with Crippen LogP contribution in [0.1, 0.15) is 36.3 Å². The summed E-state index contributed by atoms with van der Waals surface area (Å²) in [6.07, 6.45) is 2.57. The van der Waals surface area contributed by atoms with Gasteiger partial charge in [-0.1, -0.05) is 5.16 Å². The number of carbonyl (C=O) groups excluding carboxylic acids is 1. The van der Waals surface area contributed by atoms with Crippen LogP contribution in [0, 0.1) is 25.2 Å². The normalized spacial score (nSPS) is 30.0. The summed E-state index contributed by atoms with van der Waals surface area (Å²) in [4.78, 5) is 20.7. The number of aromatic nitrogens is 1. The summed E-state index contributed by atoms with van der Waals surface area (Å²) in [7, 11) is 0. The number of rotatable bonds is 4. The van der Waals surface area contributed by atoms with Crippen LogP contribution < -0.4 is 0 Å². The van der Waals surface area contributed by atoms with Crippen molar-refractivity contribution in [2.24, 2.45) is 11.3 Å². The van der Waals surface area contributed by atoms with E-state index < -0.39 is 0 Å². The lowest BCUT2D eigenvalue weighted by Crippen LogP contribution is -2.41. The number of hydrogen-bond acceptors (Lipinski definition) is 6. The Labute approximate surface area is 148 Å². The molecule has 2 atom stereocenters. The Morgan fingerprint density at radius 3 is 2.96 bits per heavy atom. The highest BCUT2D eigenvalue weighted by molar-refractivity contribution is 5.76. The number of carbonyl (C=O) groups is 1. The molecule has 0 unspecified atom stereocenters. The fraction of sp³-hybridized carbons (Fsp3) is 0.778. The summed E-state index contributed by atoms with van der Waals surface area (Å²) in [6.45, 7) is 9.37. The molecule has 0 aliphatic carbocycles. The first-order chi connectivity index (χ1) is 12.1. The molecule has 0 spiro atoms. The van der Waals surface area contributed by atoms with E-state index in [0.717, 1.165) is 50.5 Å². The van der Waals surface area contributed by atoms with Gasteiger partial charge in [-0.2, -0.15) is 0 Å². The van der Waals surface area contributed by atoms with Gasteiger partial charge in [0.2, 0.25) is 5.91 Å². The van der Waals surface area contributed by atoms with E-state index >= 15 is 0 Å². The summed E-state index contributed by atoms with van der Waals surface area (Å²) in [5.74, 6) is 1.40. The second-order valence-electron chi connectivity index (χ2n) is 7.76. The number of fused-ring (bicyclic) bond motifs is 1. The Morgan fingerprint density at radius 1 is 1.36 bits per heavy atom. The lowest BCUT2D eigenvalue weighted by atomic mass is 9.78. The molecule has 3 aliphatic rings. The van der Waals surface area contributed by atoms with Crippen molar-refractivity contribution in [3.63, 3.8) is 0 Å². The van der Waals surface area contributed by atoms with E-state index in [4.69, 9.17) is 14.1 Å². The van der Waals surface area contributed by atoms with Gasteiger partial charge in [-0.25, -0.2) is 5.06 Å². The molecule has 1 aromatic rings. The fourth-order valence-corrected chi connectivity index (χ4v) is 4.45. The summed E-state index contributed by atoms with van der Waals surface area (Å²) in [6, 6.07) is 0. The minimum atomic E-state index is -0.0864. The number of likely N-dealkylation sites (tertiary alicyclic amines) is 1. The molecule has 3 fully saturated rings. The molecule has 4 rings (SSSR count). The molecule has 3 saturated heterocycles. The van der Waals surface area contributed by atoms with Gasteiger partial charge in [0.1, 0.15) is 5.76 Å². The second-order valence-corrected chi connectivity index (χ2v) is 7.76. The molecule has 1 aromatic heterocycles. The van der Waals surface area contributed by atoms with Crippen LogP contribution in [0.2, 0.25) is 0 Å². The van der Waals surface area contributed by atoms with Crippen LogP contribution in [0.25, 0.3) is 0 Å². The molecule has 0 saturated carbocycles. The lowest BCUT2D eigenvalue weighted by Gasteiger charge is -2.31. The number of hydrogen-bond donors (Lipinski definition) is 0. The van der Waals surface area contributed by atoms with Crippen LogP contribution in [-0.4, -0.2) is 60.5 Å². The van der Waals surface area contributed by atoms with Crippen LogP contribution in [-0.2, 0) is 20.9 Å². The number of ether oxygens (including phenoxy) is 1. The number of hydroxylamine groups is 2. The van der Waals surface area contributed by atoms with E-state index in [1.807, 2.05) is 13.8 Å². The molecule has 1 amide bonds. The van der Waals surface area contributed by atoms with Crippen LogP contribution >= 0.6 is 0 Å². The standard InChI is InChI=1S/C18H27N3O4/c1-13-16(14(2)25-19-13)9-20-8-15-10-23-12-18(15,11-20)7-17(22)21-5-3-4-6-24-21/h15H,3-12H2,1-2H3/t15-,18+/m1/s1. The molecule has 4 heterocycles. The third kappa shape index (κ3) is 3.20. The zero-order chi connectivity index (χ0) is 17.4. The van der Waals surface area contributed by atoms with E-state index in [9.17, 15) is 4.79 Å². The summed E-state index contributed by atoms with van der Waals surface area (Å²) >= 11 is 0. The van der Waals surface area contributed by atoms with Crippen molar-refractivity contribution in [3.05, 3.63) is 17.0 Å². The van der Waals surface area contributed by atoms with Gasteiger partial charge < -0.3 is 9.26 Å². The molecule has 25 heavy (non-hydrogen) atoms. The zero-order valence-corrected chi connectivity index (χ0v) is 15.1. The van der Waals surface area contributed by atoms with Gasteiger partial charge in [-0.3, -0.25) is 14.5 Å². The fourth-order valence-electron chi connectivity index (χ4n) is 4.45. The van der Waals surface area contributed by atoms with Gasteiger partial charge in [0.15, 0.2) is 0 Å². The van der Waals surface area contributed by atoms with Crippen LogP contribution in [0.3, 0.4) is 0 Å². The van der Waals surface area contributed by atoms with E-state index in [1.54, 1.807) is 5.06 Å². The van der Waals surface area contributed by atoms with Gasteiger partial charge in [0, 0.05) is 49.5 Å².